The van der Waals surface area contributed by atoms with E-state index < -0.39 is 0 Å². The molecule has 1 aromatic heterocycles. The van der Waals surface area contributed by atoms with Gasteiger partial charge in [0.2, 0.25) is 0 Å². The molecular formula is C17H18N2OS. The maximum absolute atomic E-state index is 5.69. The topological polar surface area (TPSA) is 48.1 Å². The van der Waals surface area contributed by atoms with Crippen LogP contribution in [-0.4, -0.2) is 18.1 Å². The number of nitrogens with zero attached hydrogens (tertiary/aromatic N) is 1. The number of hydrogen-bond acceptors (Lipinski definition) is 4. The van der Waals surface area contributed by atoms with Crippen LogP contribution in [0.2, 0.25) is 0 Å². The van der Waals surface area contributed by atoms with Crippen molar-refractivity contribution in [3.05, 3.63) is 48.0 Å². The van der Waals surface area contributed by atoms with E-state index in [0.29, 0.717) is 13.2 Å². The van der Waals surface area contributed by atoms with Crippen molar-refractivity contribution in [3.63, 3.8) is 0 Å². The van der Waals surface area contributed by atoms with Gasteiger partial charge in [0, 0.05) is 5.56 Å². The molecule has 0 atom stereocenters. The third kappa shape index (κ3) is 3.23. The number of aromatic nitrogens is 1. The lowest BCUT2D eigenvalue weighted by Crippen LogP contribution is -2.05. The Labute approximate surface area is 128 Å². The zero-order chi connectivity index (χ0) is 14.7. The van der Waals surface area contributed by atoms with Gasteiger partial charge in [-0.3, -0.25) is 0 Å². The summed E-state index contributed by atoms with van der Waals surface area (Å²) in [4.78, 5) is 4.70. The highest BCUT2D eigenvalue weighted by molar-refractivity contribution is 7.21. The summed E-state index contributed by atoms with van der Waals surface area (Å²) in [5.41, 5.74) is 8.91. The smallest absolute Gasteiger partial charge is 0.124 e. The molecule has 21 heavy (non-hydrogen) atoms. The van der Waals surface area contributed by atoms with Gasteiger partial charge >= 0.3 is 0 Å². The molecule has 0 aliphatic carbocycles. The van der Waals surface area contributed by atoms with Crippen LogP contribution in [0, 0.1) is 6.92 Å². The molecule has 3 nitrogen and oxygen atoms in total. The minimum absolute atomic E-state index is 0.653. The number of rotatable bonds is 5. The molecule has 0 aliphatic heterocycles. The Kier molecular flexibility index (Phi) is 4.18. The number of hydrogen-bond donors (Lipinski definition) is 1. The Morgan fingerprint density at radius 3 is 2.90 bits per heavy atom. The Morgan fingerprint density at radius 1 is 1.19 bits per heavy atom. The van der Waals surface area contributed by atoms with Gasteiger partial charge < -0.3 is 10.5 Å². The van der Waals surface area contributed by atoms with Gasteiger partial charge in [-0.15, -0.1) is 11.3 Å². The zero-order valence-corrected chi connectivity index (χ0v) is 12.8. The van der Waals surface area contributed by atoms with Crippen LogP contribution in [-0.2, 0) is 0 Å². The average Bonchev–Trinajstić information content (AvgIpc) is 2.91. The van der Waals surface area contributed by atoms with Gasteiger partial charge in [-0.25, -0.2) is 4.98 Å². The minimum atomic E-state index is 0.653. The Morgan fingerprint density at radius 2 is 2.10 bits per heavy atom. The second-order valence-corrected chi connectivity index (χ2v) is 6.04. The Hall–Kier alpha value is -1.91. The SMILES string of the molecule is Cc1cccc(-c2nc3ccc(OCCCN)cc3s2)c1. The summed E-state index contributed by atoms with van der Waals surface area (Å²) in [6, 6.07) is 14.5. The van der Waals surface area contributed by atoms with Gasteiger partial charge in [-0.05, 0) is 44.2 Å². The summed E-state index contributed by atoms with van der Waals surface area (Å²) in [6.07, 6.45) is 0.870. The molecule has 3 aromatic rings. The quantitative estimate of drug-likeness (QED) is 0.724. The summed E-state index contributed by atoms with van der Waals surface area (Å²) in [7, 11) is 0. The molecule has 0 radical (unpaired) electrons. The molecule has 108 valence electrons. The number of fused-ring (bicyclic) bond motifs is 1. The van der Waals surface area contributed by atoms with Crippen LogP contribution in [0.3, 0.4) is 0 Å². The highest BCUT2D eigenvalue weighted by atomic mass is 32.1. The first kappa shape index (κ1) is 14.0. The van der Waals surface area contributed by atoms with Gasteiger partial charge in [-0.2, -0.15) is 0 Å². The van der Waals surface area contributed by atoms with Crippen molar-refractivity contribution in [2.75, 3.05) is 13.2 Å². The fourth-order valence-corrected chi connectivity index (χ4v) is 3.16. The Bertz CT molecular complexity index is 751. The van der Waals surface area contributed by atoms with E-state index in [9.17, 15) is 0 Å². The van der Waals surface area contributed by atoms with E-state index in [1.165, 1.54) is 11.1 Å². The second-order valence-electron chi connectivity index (χ2n) is 5.01. The summed E-state index contributed by atoms with van der Waals surface area (Å²) in [6.45, 7) is 3.41. The lowest BCUT2D eigenvalue weighted by Gasteiger charge is -2.04. The van der Waals surface area contributed by atoms with Crippen molar-refractivity contribution in [1.29, 1.82) is 0 Å². The van der Waals surface area contributed by atoms with Crippen molar-refractivity contribution < 1.29 is 4.74 Å². The van der Waals surface area contributed by atoms with Crippen LogP contribution >= 0.6 is 11.3 Å². The van der Waals surface area contributed by atoms with Crippen LogP contribution in [0.25, 0.3) is 20.8 Å². The summed E-state index contributed by atoms with van der Waals surface area (Å²) < 4.78 is 6.84. The van der Waals surface area contributed by atoms with Crippen molar-refractivity contribution >= 4 is 21.6 Å². The largest absolute Gasteiger partial charge is 0.493 e. The summed E-state index contributed by atoms with van der Waals surface area (Å²) >= 11 is 1.70. The van der Waals surface area contributed by atoms with Crippen molar-refractivity contribution in [2.45, 2.75) is 13.3 Å². The number of benzene rings is 2. The van der Waals surface area contributed by atoms with E-state index in [-0.39, 0.29) is 0 Å². The fraction of sp³-hybridized carbons (Fsp3) is 0.235. The standard InChI is InChI=1S/C17H18N2OS/c1-12-4-2-5-13(10-12)17-19-15-7-6-14(11-16(15)21-17)20-9-3-8-18/h2,4-7,10-11H,3,8-9,18H2,1H3. The molecule has 0 saturated heterocycles. The second kappa shape index (κ2) is 6.24. The predicted octanol–water partition coefficient (Wildman–Crippen LogP) is 4.00. The predicted molar refractivity (Wildman–Crippen MR) is 89.0 cm³/mol. The van der Waals surface area contributed by atoms with E-state index in [0.717, 1.165) is 27.4 Å². The van der Waals surface area contributed by atoms with Gasteiger partial charge in [0.1, 0.15) is 10.8 Å². The molecule has 0 fully saturated rings. The molecular weight excluding hydrogens is 280 g/mol. The van der Waals surface area contributed by atoms with Gasteiger partial charge in [0.05, 0.1) is 16.8 Å². The maximum Gasteiger partial charge on any atom is 0.124 e. The van der Waals surface area contributed by atoms with Crippen molar-refractivity contribution in [2.24, 2.45) is 5.73 Å². The van der Waals surface area contributed by atoms with Gasteiger partial charge in [-0.1, -0.05) is 23.8 Å². The molecule has 4 heteroatoms. The van der Waals surface area contributed by atoms with Gasteiger partial charge in [0.25, 0.3) is 0 Å². The van der Waals surface area contributed by atoms with Crippen LogP contribution < -0.4 is 10.5 Å². The number of thiazole rings is 1. The average molecular weight is 298 g/mol. The van der Waals surface area contributed by atoms with Crippen LogP contribution in [0.15, 0.2) is 42.5 Å². The number of aryl methyl sites for hydroxylation is 1. The highest BCUT2D eigenvalue weighted by Crippen LogP contribution is 2.32. The van der Waals surface area contributed by atoms with Crippen molar-refractivity contribution in [3.8, 4) is 16.3 Å². The first-order valence-electron chi connectivity index (χ1n) is 7.07. The third-order valence-electron chi connectivity index (χ3n) is 3.24. The van der Waals surface area contributed by atoms with E-state index in [1.54, 1.807) is 11.3 Å². The van der Waals surface area contributed by atoms with Crippen LogP contribution in [0.4, 0.5) is 0 Å². The summed E-state index contributed by atoms with van der Waals surface area (Å²) in [5, 5.41) is 1.05. The lowest BCUT2D eigenvalue weighted by atomic mass is 10.1. The first-order chi connectivity index (χ1) is 10.3. The zero-order valence-electron chi connectivity index (χ0n) is 12.0. The van der Waals surface area contributed by atoms with E-state index in [2.05, 4.69) is 37.3 Å². The molecule has 0 bridgehead atoms. The van der Waals surface area contributed by atoms with E-state index >= 15 is 0 Å². The first-order valence-corrected chi connectivity index (χ1v) is 7.88. The third-order valence-corrected chi connectivity index (χ3v) is 4.31. The maximum atomic E-state index is 5.69. The monoisotopic (exact) mass is 298 g/mol. The lowest BCUT2D eigenvalue weighted by molar-refractivity contribution is 0.314. The van der Waals surface area contributed by atoms with E-state index in [4.69, 9.17) is 15.5 Å². The van der Waals surface area contributed by atoms with Crippen LogP contribution in [0.1, 0.15) is 12.0 Å². The number of ether oxygens (including phenoxy) is 1. The fourth-order valence-electron chi connectivity index (χ4n) is 2.17. The Balaban J connectivity index is 1.89. The highest BCUT2D eigenvalue weighted by Gasteiger charge is 2.07. The summed E-state index contributed by atoms with van der Waals surface area (Å²) in [5.74, 6) is 0.885. The molecule has 3 rings (SSSR count). The normalized spacial score (nSPS) is 11.0. The van der Waals surface area contributed by atoms with Crippen LogP contribution in [0.5, 0.6) is 5.75 Å². The molecule has 2 N–H and O–H groups in total. The number of nitrogens with two attached hydrogens (primary N) is 1. The molecule has 0 saturated carbocycles. The van der Waals surface area contributed by atoms with E-state index in [1.807, 2.05) is 12.1 Å². The molecule has 0 aliphatic rings. The molecule has 1 heterocycles. The molecule has 0 amide bonds. The molecule has 0 spiro atoms. The van der Waals surface area contributed by atoms with Crippen molar-refractivity contribution in [1.82, 2.24) is 4.98 Å². The molecule has 0 unspecified atom stereocenters. The minimum Gasteiger partial charge on any atom is -0.493 e. The van der Waals surface area contributed by atoms with Gasteiger partial charge in [0.15, 0.2) is 0 Å². The molecule has 2 aromatic carbocycles.